The monoisotopic (exact) mass is 262 g/mol. The van der Waals surface area contributed by atoms with E-state index in [9.17, 15) is 5.11 Å². The fraction of sp³-hybridized carbons (Fsp3) is 0.385. The Bertz CT molecular complexity index is 539. The lowest BCUT2D eigenvalue weighted by Gasteiger charge is -2.07. The van der Waals surface area contributed by atoms with E-state index in [1.807, 2.05) is 13.1 Å². The van der Waals surface area contributed by atoms with Gasteiger partial charge < -0.3 is 15.2 Å². The summed E-state index contributed by atoms with van der Waals surface area (Å²) in [5, 5.41) is 17.1. The molecule has 0 aliphatic carbocycles. The summed E-state index contributed by atoms with van der Waals surface area (Å²) < 4.78 is 6.69. The number of aryl methyl sites for hydroxylation is 1. The van der Waals surface area contributed by atoms with E-state index in [1.54, 1.807) is 23.1 Å². The van der Waals surface area contributed by atoms with E-state index in [0.717, 1.165) is 24.4 Å². The van der Waals surface area contributed by atoms with Crippen molar-refractivity contribution in [1.82, 2.24) is 20.1 Å². The minimum atomic E-state index is 0.160. The smallest absolute Gasteiger partial charge is 0.160 e. The zero-order valence-electron chi connectivity index (χ0n) is 11.1. The number of aromatic nitrogens is 3. The van der Waals surface area contributed by atoms with E-state index in [2.05, 4.69) is 15.4 Å². The number of nitrogens with one attached hydrogen (secondary N) is 1. The second-order valence-corrected chi connectivity index (χ2v) is 4.27. The van der Waals surface area contributed by atoms with Gasteiger partial charge in [0.25, 0.3) is 0 Å². The van der Waals surface area contributed by atoms with Gasteiger partial charge in [0.2, 0.25) is 0 Å². The Balaban J connectivity index is 1.78. The summed E-state index contributed by atoms with van der Waals surface area (Å²) >= 11 is 0. The molecule has 0 radical (unpaired) electrons. The van der Waals surface area contributed by atoms with E-state index >= 15 is 0 Å². The molecule has 0 bridgehead atoms. The highest BCUT2D eigenvalue weighted by Gasteiger charge is 2.02. The quantitative estimate of drug-likeness (QED) is 0.755. The van der Waals surface area contributed by atoms with E-state index in [-0.39, 0.29) is 5.75 Å². The van der Waals surface area contributed by atoms with Crippen LogP contribution >= 0.6 is 0 Å². The second-order valence-electron chi connectivity index (χ2n) is 4.27. The lowest BCUT2D eigenvalue weighted by Crippen LogP contribution is -2.17. The van der Waals surface area contributed by atoms with Crippen molar-refractivity contribution in [1.29, 1.82) is 0 Å². The molecule has 0 spiro atoms. The summed E-state index contributed by atoms with van der Waals surface area (Å²) in [5.74, 6) is 1.47. The van der Waals surface area contributed by atoms with Crippen LogP contribution in [0, 0.1) is 0 Å². The number of aromatic hydroxyl groups is 1. The Labute approximate surface area is 112 Å². The topological polar surface area (TPSA) is 72.2 Å². The maximum absolute atomic E-state index is 9.65. The van der Waals surface area contributed by atoms with Crippen molar-refractivity contribution in [2.75, 3.05) is 13.7 Å². The maximum Gasteiger partial charge on any atom is 0.160 e. The number of methoxy groups -OCH3 is 1. The first-order valence-corrected chi connectivity index (χ1v) is 6.10. The predicted octanol–water partition coefficient (Wildman–Crippen LogP) is 0.862. The average Bonchev–Trinajstić information content (AvgIpc) is 2.81. The van der Waals surface area contributed by atoms with Gasteiger partial charge in [0.15, 0.2) is 17.3 Å². The fourth-order valence-electron chi connectivity index (χ4n) is 1.78. The molecule has 0 unspecified atom stereocenters. The minimum Gasteiger partial charge on any atom is -0.504 e. The molecule has 2 rings (SSSR count). The van der Waals surface area contributed by atoms with Crippen LogP contribution in [0.4, 0.5) is 0 Å². The van der Waals surface area contributed by atoms with Crippen molar-refractivity contribution in [3.63, 3.8) is 0 Å². The van der Waals surface area contributed by atoms with Crippen molar-refractivity contribution in [3.05, 3.63) is 35.9 Å². The Morgan fingerprint density at radius 2 is 2.26 bits per heavy atom. The van der Waals surface area contributed by atoms with Crippen LogP contribution in [0.2, 0.25) is 0 Å². The number of rotatable bonds is 6. The van der Waals surface area contributed by atoms with Gasteiger partial charge >= 0.3 is 0 Å². The minimum absolute atomic E-state index is 0.160. The first-order chi connectivity index (χ1) is 9.19. The predicted molar refractivity (Wildman–Crippen MR) is 71.1 cm³/mol. The van der Waals surface area contributed by atoms with Crippen molar-refractivity contribution in [3.8, 4) is 11.5 Å². The average molecular weight is 262 g/mol. The third kappa shape index (κ3) is 3.69. The Kier molecular flexibility index (Phi) is 4.35. The molecule has 6 heteroatoms. The summed E-state index contributed by atoms with van der Waals surface area (Å²) in [7, 11) is 3.39. The highest BCUT2D eigenvalue weighted by Crippen LogP contribution is 2.25. The summed E-state index contributed by atoms with van der Waals surface area (Å²) in [4.78, 5) is 4.15. The zero-order valence-corrected chi connectivity index (χ0v) is 11.1. The first kappa shape index (κ1) is 13.4. The number of hydrogen-bond donors (Lipinski definition) is 2. The summed E-state index contributed by atoms with van der Waals surface area (Å²) in [6, 6.07) is 5.38. The van der Waals surface area contributed by atoms with Crippen molar-refractivity contribution >= 4 is 0 Å². The lowest BCUT2D eigenvalue weighted by atomic mass is 10.2. The van der Waals surface area contributed by atoms with Crippen LogP contribution in [-0.4, -0.2) is 33.5 Å². The van der Waals surface area contributed by atoms with Crippen molar-refractivity contribution in [2.45, 2.75) is 13.0 Å². The van der Waals surface area contributed by atoms with Crippen LogP contribution in [0.25, 0.3) is 0 Å². The summed E-state index contributed by atoms with van der Waals surface area (Å²) in [6.45, 7) is 1.47. The van der Waals surface area contributed by atoms with Crippen LogP contribution in [-0.2, 0) is 20.0 Å². The normalized spacial score (nSPS) is 10.6. The molecular formula is C13H18N4O2. The number of phenolic OH excluding ortho intramolecular Hbond substituents is 1. The van der Waals surface area contributed by atoms with E-state index in [4.69, 9.17) is 4.74 Å². The Hall–Kier alpha value is -2.08. The first-order valence-electron chi connectivity index (χ1n) is 6.10. The molecule has 0 aliphatic heterocycles. The number of benzene rings is 1. The van der Waals surface area contributed by atoms with Gasteiger partial charge in [0, 0.05) is 26.6 Å². The maximum atomic E-state index is 9.65. The molecule has 6 nitrogen and oxygen atoms in total. The molecule has 1 aromatic heterocycles. The van der Waals surface area contributed by atoms with Crippen LogP contribution in [0.15, 0.2) is 24.5 Å². The molecule has 0 amide bonds. The van der Waals surface area contributed by atoms with Gasteiger partial charge in [-0.3, -0.25) is 4.68 Å². The largest absolute Gasteiger partial charge is 0.504 e. The third-order valence-corrected chi connectivity index (χ3v) is 2.74. The Morgan fingerprint density at radius 3 is 2.89 bits per heavy atom. The molecule has 1 aromatic carbocycles. The molecule has 2 N–H and O–H groups in total. The number of hydrogen-bond acceptors (Lipinski definition) is 5. The lowest BCUT2D eigenvalue weighted by molar-refractivity contribution is 0.373. The highest BCUT2D eigenvalue weighted by molar-refractivity contribution is 5.41. The van der Waals surface area contributed by atoms with E-state index < -0.39 is 0 Å². The molecule has 2 aromatic rings. The molecule has 0 atom stereocenters. The molecule has 0 fully saturated rings. The highest BCUT2D eigenvalue weighted by atomic mass is 16.5. The number of phenols is 1. The van der Waals surface area contributed by atoms with Gasteiger partial charge in [-0.2, -0.15) is 5.10 Å². The van der Waals surface area contributed by atoms with Gasteiger partial charge in [-0.1, -0.05) is 6.07 Å². The van der Waals surface area contributed by atoms with Crippen LogP contribution in [0.1, 0.15) is 11.4 Å². The van der Waals surface area contributed by atoms with Gasteiger partial charge in [-0.25, -0.2) is 4.98 Å². The van der Waals surface area contributed by atoms with Crippen molar-refractivity contribution < 1.29 is 9.84 Å². The van der Waals surface area contributed by atoms with E-state index in [1.165, 1.54) is 7.11 Å². The zero-order chi connectivity index (χ0) is 13.7. The van der Waals surface area contributed by atoms with Gasteiger partial charge in [-0.05, 0) is 17.7 Å². The standard InChI is InChI=1S/C13H18N4O2/c1-17-9-15-13(16-17)5-6-14-8-10-3-4-12(19-2)11(18)7-10/h3-4,7,9,14,18H,5-6,8H2,1-2H3. The van der Waals surface area contributed by atoms with Crippen LogP contribution in [0.5, 0.6) is 11.5 Å². The van der Waals surface area contributed by atoms with Crippen LogP contribution in [0.3, 0.4) is 0 Å². The fourth-order valence-corrected chi connectivity index (χ4v) is 1.78. The number of nitrogens with zero attached hydrogens (tertiary/aromatic N) is 3. The number of ether oxygens (including phenoxy) is 1. The Morgan fingerprint density at radius 1 is 1.42 bits per heavy atom. The SMILES string of the molecule is COc1ccc(CNCCc2ncn(C)n2)cc1O. The molecule has 102 valence electrons. The molecule has 1 heterocycles. The second kappa shape index (κ2) is 6.19. The summed E-state index contributed by atoms with van der Waals surface area (Å²) in [6.07, 6.45) is 2.47. The third-order valence-electron chi connectivity index (χ3n) is 2.74. The van der Waals surface area contributed by atoms with Gasteiger partial charge in [0.05, 0.1) is 7.11 Å². The molecule has 0 saturated carbocycles. The van der Waals surface area contributed by atoms with Gasteiger partial charge in [0.1, 0.15) is 6.33 Å². The molecule has 0 saturated heterocycles. The molecular weight excluding hydrogens is 244 g/mol. The molecule has 19 heavy (non-hydrogen) atoms. The van der Waals surface area contributed by atoms with Crippen LogP contribution < -0.4 is 10.1 Å². The molecule has 0 aliphatic rings. The van der Waals surface area contributed by atoms with Crippen molar-refractivity contribution in [2.24, 2.45) is 7.05 Å². The summed E-state index contributed by atoms with van der Waals surface area (Å²) in [5.41, 5.74) is 1.01. The van der Waals surface area contributed by atoms with Gasteiger partial charge in [-0.15, -0.1) is 0 Å². The van der Waals surface area contributed by atoms with E-state index in [0.29, 0.717) is 12.3 Å².